The Hall–Kier alpha value is -4.08. The number of benzene rings is 4. The van der Waals surface area contributed by atoms with Crippen LogP contribution in [0, 0.1) is 6.92 Å². The number of aryl methyl sites for hydroxylation is 1. The molecule has 254 valence electrons. The number of H-pyrrole nitrogens is 1. The third kappa shape index (κ3) is 7.15. The van der Waals surface area contributed by atoms with E-state index in [0.29, 0.717) is 12.1 Å². The molecule has 5 aromatic rings. The zero-order valence-electron chi connectivity index (χ0n) is 27.7. The van der Waals surface area contributed by atoms with E-state index >= 15 is 0 Å². The van der Waals surface area contributed by atoms with Crippen LogP contribution in [0.5, 0.6) is 0 Å². The molecule has 4 aromatic carbocycles. The lowest BCUT2D eigenvalue weighted by Gasteiger charge is -2.50. The first-order chi connectivity index (χ1) is 23.6. The number of aromatic amines is 1. The van der Waals surface area contributed by atoms with Gasteiger partial charge in [0.05, 0.1) is 18.2 Å². The van der Waals surface area contributed by atoms with Crippen molar-refractivity contribution in [2.45, 2.75) is 37.8 Å². The topological polar surface area (TPSA) is 96.9 Å². The molecule has 0 spiro atoms. The van der Waals surface area contributed by atoms with Crippen molar-refractivity contribution in [1.29, 1.82) is 0 Å². The van der Waals surface area contributed by atoms with E-state index in [1.54, 1.807) is 18.6 Å². The van der Waals surface area contributed by atoms with Crippen LogP contribution in [0.25, 0.3) is 0 Å². The Balaban J connectivity index is 1.44. The number of ether oxygens (including phenoxy) is 1. The van der Waals surface area contributed by atoms with Gasteiger partial charge in [0.15, 0.2) is 6.23 Å². The van der Waals surface area contributed by atoms with Crippen molar-refractivity contribution in [3.63, 3.8) is 0 Å². The van der Waals surface area contributed by atoms with Gasteiger partial charge in [-0.25, -0.2) is 9.46 Å². The lowest BCUT2D eigenvalue weighted by Crippen LogP contribution is -2.58. The summed E-state index contributed by atoms with van der Waals surface area (Å²) < 4.78 is 29.5. The van der Waals surface area contributed by atoms with Gasteiger partial charge in [-0.1, -0.05) is 121 Å². The first-order valence-electron chi connectivity index (χ1n) is 16.2. The predicted molar refractivity (Wildman–Crippen MR) is 193 cm³/mol. The first kappa shape index (κ1) is 34.8. The Labute approximate surface area is 291 Å². The number of nitrogens with zero attached hydrogens (tertiary/aromatic N) is 3. The summed E-state index contributed by atoms with van der Waals surface area (Å²) in [6, 6.07) is 40.0. The zero-order valence-corrected chi connectivity index (χ0v) is 29.3. The highest BCUT2D eigenvalue weighted by atomic mass is 35.7. The molecule has 1 aliphatic rings. The molecule has 0 saturated carbocycles. The second-order valence-corrected chi connectivity index (χ2v) is 15.4. The Morgan fingerprint density at radius 2 is 1.37 bits per heavy atom. The molecule has 2 unspecified atom stereocenters. The molecular weight excluding hydrogens is 659 g/mol. The molecule has 1 aliphatic heterocycles. The van der Waals surface area contributed by atoms with Gasteiger partial charge in [-0.2, -0.15) is 0 Å². The Bertz CT molecular complexity index is 1910. The van der Waals surface area contributed by atoms with Crippen molar-refractivity contribution in [1.82, 2.24) is 19.1 Å². The summed E-state index contributed by atoms with van der Waals surface area (Å²) >= 11 is 6.68. The van der Waals surface area contributed by atoms with Crippen LogP contribution in [0.2, 0.25) is 0 Å². The first-order valence-corrected chi connectivity index (χ1v) is 18.7. The fourth-order valence-electron chi connectivity index (χ4n) is 6.64. The van der Waals surface area contributed by atoms with Crippen LogP contribution < -0.4 is 11.2 Å². The van der Waals surface area contributed by atoms with Gasteiger partial charge in [0.25, 0.3) is 5.56 Å². The smallest absolute Gasteiger partial charge is 0.350 e. The molecule has 9 nitrogen and oxygen atoms in total. The highest BCUT2D eigenvalue weighted by molar-refractivity contribution is 7.83. The van der Waals surface area contributed by atoms with Gasteiger partial charge in [-0.3, -0.25) is 23.8 Å². The molecule has 1 N–H and O–H groups in total. The van der Waals surface area contributed by atoms with Gasteiger partial charge in [-0.15, -0.1) is 0 Å². The molecule has 0 aliphatic carbocycles. The molecule has 49 heavy (non-hydrogen) atoms. The molecule has 2 heterocycles. The molecular formula is C38H40ClN4O5P. The Morgan fingerprint density at radius 3 is 1.88 bits per heavy atom. The van der Waals surface area contributed by atoms with E-state index in [4.69, 9.17) is 20.5 Å². The average molecular weight is 699 g/mol. The molecule has 0 bridgehead atoms. The number of nitrogens with one attached hydrogen (secondary N) is 1. The normalized spacial score (nSPS) is 19.0. The van der Waals surface area contributed by atoms with Gasteiger partial charge in [0.2, 0.25) is 0 Å². The Kier molecular flexibility index (Phi) is 10.5. The number of aromatic nitrogens is 2. The molecule has 11 heteroatoms. The molecule has 1 saturated heterocycles. The molecule has 6 rings (SSSR count). The van der Waals surface area contributed by atoms with Crippen LogP contribution in [0.15, 0.2) is 137 Å². The van der Waals surface area contributed by atoms with Crippen molar-refractivity contribution in [3.05, 3.63) is 176 Å². The summed E-state index contributed by atoms with van der Waals surface area (Å²) in [5.74, 6) is 0. The lowest BCUT2D eigenvalue weighted by molar-refractivity contribution is -0.148. The van der Waals surface area contributed by atoms with Crippen LogP contribution in [0.1, 0.15) is 47.0 Å². The third-order valence-electron chi connectivity index (χ3n) is 9.29. The predicted octanol–water partition coefficient (Wildman–Crippen LogP) is 7.09. The molecule has 0 radical (unpaired) electrons. The Morgan fingerprint density at radius 1 is 0.878 bits per heavy atom. The van der Waals surface area contributed by atoms with Gasteiger partial charge < -0.3 is 9.26 Å². The fourth-order valence-corrected chi connectivity index (χ4v) is 8.28. The van der Waals surface area contributed by atoms with Crippen LogP contribution in [0.4, 0.5) is 0 Å². The number of morpholine rings is 1. The molecule has 1 aromatic heterocycles. The van der Waals surface area contributed by atoms with Gasteiger partial charge >= 0.3 is 12.6 Å². The largest absolute Gasteiger partial charge is 0.363 e. The highest BCUT2D eigenvalue weighted by Gasteiger charge is 2.47. The van der Waals surface area contributed by atoms with Crippen LogP contribution in [-0.2, 0) is 19.4 Å². The van der Waals surface area contributed by atoms with E-state index in [9.17, 15) is 14.2 Å². The van der Waals surface area contributed by atoms with E-state index in [2.05, 4.69) is 46.3 Å². The van der Waals surface area contributed by atoms with Crippen LogP contribution in [-0.4, -0.2) is 52.0 Å². The summed E-state index contributed by atoms with van der Waals surface area (Å²) in [7, 11) is 1.68. The van der Waals surface area contributed by atoms with E-state index in [0.717, 1.165) is 22.3 Å². The minimum atomic E-state index is -3.83. The maximum Gasteiger partial charge on any atom is 0.363 e. The fraction of sp³-hybridized carbons (Fsp3) is 0.263. The summed E-state index contributed by atoms with van der Waals surface area (Å²) in [5, 5.41) is 0. The van der Waals surface area contributed by atoms with Gasteiger partial charge in [0.1, 0.15) is 0 Å². The maximum atomic E-state index is 13.9. The standard InChI is InChI=1S/C38H40ClN4O5P/c1-28-24-43(37(45)40-36(28)44)35-26-42(25-34(48-35)27-47-49(39,46)41(3)29(2)30-16-8-4-9-17-30)38(31-18-10-5-11-19-31,32-20-12-6-13-21-32)33-22-14-7-15-23-33/h4-24,29,34-35H,25-27H2,1-3H3,(H,40,44,45)/t29?,34-,35+,49?/m0/s1. The maximum absolute atomic E-state index is 13.9. The minimum Gasteiger partial charge on any atom is -0.350 e. The monoisotopic (exact) mass is 698 g/mol. The van der Waals surface area contributed by atoms with E-state index in [1.165, 1.54) is 10.8 Å². The quantitative estimate of drug-likeness (QED) is 0.116. The highest BCUT2D eigenvalue weighted by Crippen LogP contribution is 2.58. The third-order valence-corrected chi connectivity index (χ3v) is 11.9. The van der Waals surface area contributed by atoms with Crippen molar-refractivity contribution in [3.8, 4) is 0 Å². The van der Waals surface area contributed by atoms with E-state index in [1.807, 2.05) is 91.9 Å². The van der Waals surface area contributed by atoms with Crippen LogP contribution in [0.3, 0.4) is 0 Å². The molecule has 4 atom stereocenters. The summed E-state index contributed by atoms with van der Waals surface area (Å²) in [5.41, 5.74) is 2.46. The van der Waals surface area contributed by atoms with Crippen molar-refractivity contribution in [2.75, 3.05) is 26.7 Å². The summed E-state index contributed by atoms with van der Waals surface area (Å²) in [6.45, 7) is 0.214. The molecule has 1 fully saturated rings. The van der Waals surface area contributed by atoms with E-state index in [-0.39, 0.29) is 19.2 Å². The average Bonchev–Trinajstić information content (AvgIpc) is 3.13. The number of halogens is 1. The van der Waals surface area contributed by atoms with Gasteiger partial charge in [-0.05, 0) is 54.4 Å². The zero-order chi connectivity index (χ0) is 34.6. The SMILES string of the molecule is Cc1cn([C@H]2CN(C(c3ccccc3)(c3ccccc3)c3ccccc3)C[C@@H](COP(=O)(Cl)N(C)C(C)c3ccccc3)O2)c(=O)[nH]c1=O. The van der Waals surface area contributed by atoms with Gasteiger partial charge in [0, 0.05) is 30.9 Å². The lowest BCUT2D eigenvalue weighted by atomic mass is 9.75. The summed E-state index contributed by atoms with van der Waals surface area (Å²) in [6.07, 6.45) is 0.00189. The van der Waals surface area contributed by atoms with Crippen LogP contribution >= 0.6 is 18.1 Å². The summed E-state index contributed by atoms with van der Waals surface area (Å²) in [4.78, 5) is 30.3. The molecule has 0 amide bonds. The number of hydrogen-bond donors (Lipinski definition) is 1. The van der Waals surface area contributed by atoms with Crippen molar-refractivity contribution in [2.24, 2.45) is 0 Å². The van der Waals surface area contributed by atoms with Crippen molar-refractivity contribution >= 4 is 18.1 Å². The second-order valence-electron chi connectivity index (χ2n) is 12.3. The minimum absolute atomic E-state index is 0.120. The van der Waals surface area contributed by atoms with Crippen molar-refractivity contribution < 1.29 is 13.8 Å². The number of hydrogen-bond acceptors (Lipinski definition) is 6. The number of rotatable bonds is 11. The van der Waals surface area contributed by atoms with E-state index < -0.39 is 36.0 Å². The second kappa shape index (κ2) is 14.8.